The van der Waals surface area contributed by atoms with Gasteiger partial charge < -0.3 is 0 Å². The van der Waals surface area contributed by atoms with Gasteiger partial charge in [-0.25, -0.2) is 0 Å². The van der Waals surface area contributed by atoms with E-state index in [9.17, 15) is 0 Å². The molecular formula is C9H16Cl2. The first-order chi connectivity index (χ1) is 5.19. The molecule has 0 aromatic heterocycles. The minimum atomic E-state index is -0.0748. The Morgan fingerprint density at radius 3 is 2.73 bits per heavy atom. The Labute approximate surface area is 79.3 Å². The zero-order chi connectivity index (χ0) is 8.32. The highest BCUT2D eigenvalue weighted by Crippen LogP contribution is 2.40. The minimum absolute atomic E-state index is 0.0748. The van der Waals surface area contributed by atoms with Gasteiger partial charge in [0.25, 0.3) is 0 Å². The van der Waals surface area contributed by atoms with Crippen LogP contribution in [0.15, 0.2) is 0 Å². The Kier molecular flexibility index (Phi) is 3.52. The molecule has 0 aromatic carbocycles. The molecule has 1 rings (SSSR count). The van der Waals surface area contributed by atoms with E-state index in [0.29, 0.717) is 0 Å². The predicted molar refractivity (Wildman–Crippen MR) is 51.6 cm³/mol. The van der Waals surface area contributed by atoms with E-state index in [1.54, 1.807) is 0 Å². The molecule has 0 spiro atoms. The lowest BCUT2D eigenvalue weighted by Gasteiger charge is -2.35. The number of hydrogen-bond donors (Lipinski definition) is 0. The molecule has 1 aliphatic rings. The highest BCUT2D eigenvalue weighted by atomic mass is 35.5. The van der Waals surface area contributed by atoms with E-state index in [0.717, 1.165) is 25.7 Å². The summed E-state index contributed by atoms with van der Waals surface area (Å²) in [6.07, 6.45) is 6.94. The molecule has 1 aliphatic carbocycles. The van der Waals surface area contributed by atoms with Crippen molar-refractivity contribution in [2.45, 2.75) is 55.7 Å². The molecule has 0 saturated heterocycles. The summed E-state index contributed by atoms with van der Waals surface area (Å²) in [6.45, 7) is 2.17. The van der Waals surface area contributed by atoms with Crippen molar-refractivity contribution in [1.29, 1.82) is 0 Å². The maximum atomic E-state index is 6.39. The molecule has 0 nitrogen and oxygen atoms in total. The first-order valence-corrected chi connectivity index (χ1v) is 5.33. The maximum Gasteiger partial charge on any atom is 0.0609 e. The van der Waals surface area contributed by atoms with Crippen molar-refractivity contribution in [3.63, 3.8) is 0 Å². The zero-order valence-electron chi connectivity index (χ0n) is 7.08. The van der Waals surface area contributed by atoms with Crippen LogP contribution in [0.3, 0.4) is 0 Å². The summed E-state index contributed by atoms with van der Waals surface area (Å²) in [6, 6.07) is 0. The van der Waals surface area contributed by atoms with Crippen LogP contribution >= 0.6 is 23.2 Å². The van der Waals surface area contributed by atoms with Gasteiger partial charge in [0.2, 0.25) is 0 Å². The molecule has 0 amide bonds. The second kappa shape index (κ2) is 4.00. The molecule has 2 atom stereocenters. The first kappa shape index (κ1) is 9.67. The van der Waals surface area contributed by atoms with E-state index in [2.05, 4.69) is 6.92 Å². The standard InChI is InChI=1S/C9H16Cl2/c1-2-6-9(11)7-4-3-5-8(9)10/h8H,2-7H2,1H3. The molecule has 0 radical (unpaired) electrons. The number of alkyl halides is 2. The quantitative estimate of drug-likeness (QED) is 0.585. The molecule has 11 heavy (non-hydrogen) atoms. The average Bonchev–Trinajstić information content (AvgIpc) is 1.96. The summed E-state index contributed by atoms with van der Waals surface area (Å²) in [7, 11) is 0. The van der Waals surface area contributed by atoms with E-state index >= 15 is 0 Å². The molecule has 0 N–H and O–H groups in total. The van der Waals surface area contributed by atoms with Gasteiger partial charge >= 0.3 is 0 Å². The van der Waals surface area contributed by atoms with Gasteiger partial charge in [-0.15, -0.1) is 23.2 Å². The van der Waals surface area contributed by atoms with Gasteiger partial charge in [0.05, 0.1) is 10.3 Å². The van der Waals surface area contributed by atoms with Crippen LogP contribution in [0.2, 0.25) is 0 Å². The van der Waals surface area contributed by atoms with Crippen LogP contribution in [0, 0.1) is 0 Å². The van der Waals surface area contributed by atoms with Crippen molar-refractivity contribution in [3.8, 4) is 0 Å². The van der Waals surface area contributed by atoms with Gasteiger partial charge in [-0.2, -0.15) is 0 Å². The molecule has 0 bridgehead atoms. The zero-order valence-corrected chi connectivity index (χ0v) is 8.59. The molecular weight excluding hydrogens is 179 g/mol. The lowest BCUT2D eigenvalue weighted by molar-refractivity contribution is 0.374. The molecule has 2 heteroatoms. The van der Waals surface area contributed by atoms with E-state index in [-0.39, 0.29) is 10.3 Å². The van der Waals surface area contributed by atoms with Crippen LogP contribution in [0.4, 0.5) is 0 Å². The third kappa shape index (κ3) is 2.26. The highest BCUT2D eigenvalue weighted by Gasteiger charge is 2.36. The Balaban J connectivity index is 2.49. The smallest absolute Gasteiger partial charge is 0.0609 e. The molecule has 0 aliphatic heterocycles. The normalized spacial score (nSPS) is 39.0. The second-order valence-electron chi connectivity index (χ2n) is 3.50. The van der Waals surface area contributed by atoms with Crippen molar-refractivity contribution < 1.29 is 0 Å². The van der Waals surface area contributed by atoms with Gasteiger partial charge in [-0.1, -0.05) is 26.2 Å². The molecule has 2 unspecified atom stereocenters. The van der Waals surface area contributed by atoms with Crippen LogP contribution in [0.25, 0.3) is 0 Å². The van der Waals surface area contributed by atoms with E-state index < -0.39 is 0 Å². The summed E-state index contributed by atoms with van der Waals surface area (Å²) < 4.78 is 0. The number of hydrogen-bond acceptors (Lipinski definition) is 0. The van der Waals surface area contributed by atoms with E-state index in [1.165, 1.54) is 12.8 Å². The molecule has 1 fully saturated rings. The van der Waals surface area contributed by atoms with Gasteiger partial charge in [-0.05, 0) is 19.3 Å². The Morgan fingerprint density at radius 2 is 2.18 bits per heavy atom. The fourth-order valence-electron chi connectivity index (χ4n) is 1.85. The predicted octanol–water partition coefficient (Wildman–Crippen LogP) is 3.95. The fraction of sp³-hybridized carbons (Fsp3) is 1.00. The van der Waals surface area contributed by atoms with Gasteiger partial charge in [0, 0.05) is 0 Å². The Hall–Kier alpha value is 0.580. The molecule has 1 saturated carbocycles. The second-order valence-corrected chi connectivity index (χ2v) is 4.78. The largest absolute Gasteiger partial charge is 0.121 e. The fourth-order valence-corrected chi connectivity index (χ4v) is 2.66. The molecule has 0 aromatic rings. The van der Waals surface area contributed by atoms with Crippen molar-refractivity contribution in [2.75, 3.05) is 0 Å². The summed E-state index contributed by atoms with van der Waals surface area (Å²) in [5.74, 6) is 0. The lowest BCUT2D eigenvalue weighted by Crippen LogP contribution is -2.35. The molecule has 66 valence electrons. The third-order valence-electron chi connectivity index (χ3n) is 2.53. The van der Waals surface area contributed by atoms with Crippen molar-refractivity contribution >= 4 is 23.2 Å². The molecule has 0 heterocycles. The topological polar surface area (TPSA) is 0 Å². The van der Waals surface area contributed by atoms with Crippen LogP contribution in [-0.4, -0.2) is 10.3 Å². The SMILES string of the molecule is CCCC1(Cl)CCCCC1Cl. The van der Waals surface area contributed by atoms with Crippen LogP contribution in [0.1, 0.15) is 45.4 Å². The van der Waals surface area contributed by atoms with E-state index in [1.807, 2.05) is 0 Å². The van der Waals surface area contributed by atoms with Crippen LogP contribution < -0.4 is 0 Å². The number of rotatable bonds is 2. The monoisotopic (exact) mass is 194 g/mol. The third-order valence-corrected chi connectivity index (χ3v) is 3.92. The Morgan fingerprint density at radius 1 is 1.45 bits per heavy atom. The number of halogens is 2. The van der Waals surface area contributed by atoms with Gasteiger partial charge in [-0.3, -0.25) is 0 Å². The first-order valence-electron chi connectivity index (χ1n) is 4.52. The van der Waals surface area contributed by atoms with Crippen molar-refractivity contribution in [3.05, 3.63) is 0 Å². The lowest BCUT2D eigenvalue weighted by atomic mass is 9.85. The van der Waals surface area contributed by atoms with Gasteiger partial charge in [0.15, 0.2) is 0 Å². The Bertz CT molecular complexity index is 121. The maximum absolute atomic E-state index is 6.39. The summed E-state index contributed by atoms with van der Waals surface area (Å²) >= 11 is 12.6. The van der Waals surface area contributed by atoms with Crippen LogP contribution in [-0.2, 0) is 0 Å². The van der Waals surface area contributed by atoms with Crippen molar-refractivity contribution in [1.82, 2.24) is 0 Å². The van der Waals surface area contributed by atoms with Gasteiger partial charge in [0.1, 0.15) is 0 Å². The summed E-state index contributed by atoms with van der Waals surface area (Å²) in [5, 5.41) is 0.206. The van der Waals surface area contributed by atoms with Crippen LogP contribution in [0.5, 0.6) is 0 Å². The minimum Gasteiger partial charge on any atom is -0.121 e. The summed E-state index contributed by atoms with van der Waals surface area (Å²) in [5.41, 5.74) is 0. The van der Waals surface area contributed by atoms with Crippen molar-refractivity contribution in [2.24, 2.45) is 0 Å². The average molecular weight is 195 g/mol. The highest BCUT2D eigenvalue weighted by molar-refractivity contribution is 6.32. The van der Waals surface area contributed by atoms with E-state index in [4.69, 9.17) is 23.2 Å². The summed E-state index contributed by atoms with van der Waals surface area (Å²) in [4.78, 5) is -0.0748.